The number of nitrogens with two attached hydrogens (primary N) is 1. The van der Waals surface area contributed by atoms with Gasteiger partial charge in [-0.1, -0.05) is 6.92 Å². The van der Waals surface area contributed by atoms with Crippen LogP contribution in [0.1, 0.15) is 6.92 Å². The maximum atomic E-state index is 10.00. The molecule has 52 heteroatoms. The maximum absolute atomic E-state index is 10.00. The predicted molar refractivity (Wildman–Crippen MR) is 197 cm³/mol. The van der Waals surface area contributed by atoms with Gasteiger partial charge in [0.25, 0.3) is 0 Å². The van der Waals surface area contributed by atoms with Crippen LogP contribution in [0, 0.1) is 0 Å². The second-order valence-corrected chi connectivity index (χ2v) is 16.7. The fourth-order valence-electron chi connectivity index (χ4n) is 2.63. The van der Waals surface area contributed by atoms with Crippen LogP contribution in [-0.4, -0.2) is 262 Å². The molecule has 0 aromatic heterocycles. The van der Waals surface area contributed by atoms with Crippen molar-refractivity contribution in [1.29, 1.82) is 0 Å². The molecule has 2 aliphatic heterocycles. The number of ether oxygens (including phenoxy) is 3. The summed E-state index contributed by atoms with van der Waals surface area (Å²) in [6.45, 7) is 0.330. The van der Waals surface area contributed by atoms with Gasteiger partial charge in [0, 0.05) is 0 Å². The first-order valence-electron chi connectivity index (χ1n) is 13.8. The molecule has 0 bridgehead atoms. The quantitative estimate of drug-likeness (QED) is 0.114. The fourth-order valence-corrected chi connectivity index (χ4v) is 2.63. The summed E-state index contributed by atoms with van der Waals surface area (Å²) in [5.74, 6) is -2.22. The van der Waals surface area contributed by atoms with Crippen molar-refractivity contribution in [2.45, 2.75) is 61.7 Å². The number of aliphatic hydroxyl groups excluding tert-OH is 8. The minimum absolute atomic E-state index is 0.669. The summed E-state index contributed by atoms with van der Waals surface area (Å²) in [7, 11) is -37.3. The fraction of sp³-hybridized carbons (Fsp3) is 1.00. The Bertz CT molecular complexity index is 1740. The Morgan fingerprint density at radius 1 is 0.424 bits per heavy atom. The smallest absolute Gasteiger partial charge is 0.394 e. The molecule has 0 aromatic rings. The van der Waals surface area contributed by atoms with Crippen LogP contribution in [-0.2, 0) is 97.4 Å². The third-order valence-corrected chi connectivity index (χ3v) is 4.07. The van der Waals surface area contributed by atoms with Crippen molar-refractivity contribution in [3.63, 3.8) is 0 Å². The summed E-state index contributed by atoms with van der Waals surface area (Å²) in [5, 5.41) is 76.7. The Labute approximate surface area is 371 Å². The molecule has 9 atom stereocenters. The molecule has 66 heavy (non-hydrogen) atoms. The van der Waals surface area contributed by atoms with E-state index in [4.69, 9.17) is 170 Å². The van der Waals surface area contributed by atoms with Gasteiger partial charge in [0.2, 0.25) is 5.79 Å². The van der Waals surface area contributed by atoms with Crippen molar-refractivity contribution in [3.8, 4) is 0 Å². The van der Waals surface area contributed by atoms with Crippen LogP contribution in [0.4, 0.5) is 0 Å². The van der Waals surface area contributed by atoms with E-state index in [0.29, 0.717) is 0 Å². The monoisotopic (exact) mass is 1170 g/mol. The number of rotatable bonds is 5. The molecular formula is C14H45NO43S8. The second kappa shape index (κ2) is 35.6. The molecule has 44 nitrogen and oxygen atoms in total. The van der Waals surface area contributed by atoms with E-state index in [2.05, 4.69) is 0 Å². The standard InChI is InChI=1S/C12H22O11.C2H7N.8H2O4S/c13-1-4-6(16)8(18)9(19)11(21-4)23-12(3-15)10(20)7(17)5(2-14)22-12;1-2-3;8*1-5(2,3)4/h4-11,13-20H,1-3H2;2-3H2,1H3;8*(H2,1,2,3,4)/t4-,5-,6-,7-,8+,9-,10+,11-,12+;;;;;;;;;/m1........./s1. The Morgan fingerprint density at radius 3 is 0.803 bits per heavy atom. The molecule has 0 spiro atoms. The van der Waals surface area contributed by atoms with Crippen LogP contribution in [0.3, 0.4) is 0 Å². The second-order valence-electron chi connectivity index (χ2n) is 9.55. The molecule has 2 heterocycles. The van der Waals surface area contributed by atoms with Crippen LogP contribution in [0.5, 0.6) is 0 Å². The highest BCUT2D eigenvalue weighted by Crippen LogP contribution is 2.35. The molecule has 2 aliphatic rings. The van der Waals surface area contributed by atoms with E-state index >= 15 is 0 Å². The van der Waals surface area contributed by atoms with E-state index in [9.17, 15) is 30.6 Å². The molecule has 0 unspecified atom stereocenters. The van der Waals surface area contributed by atoms with E-state index in [1.54, 1.807) is 0 Å². The lowest BCUT2D eigenvalue weighted by Gasteiger charge is -2.43. The Kier molecular flexibility index (Phi) is 43.9. The van der Waals surface area contributed by atoms with Crippen LogP contribution < -0.4 is 5.73 Å². The summed E-state index contributed by atoms with van der Waals surface area (Å²) < 4.78 is 268. The number of hydrogen-bond donors (Lipinski definition) is 25. The largest absolute Gasteiger partial charge is 0.394 e. The van der Waals surface area contributed by atoms with E-state index in [1.165, 1.54) is 0 Å². The topological polar surface area (TPSA) is 812 Å². The Hall–Kier alpha value is -1.52. The minimum Gasteiger partial charge on any atom is -0.394 e. The average Bonchev–Trinajstić information content (AvgIpc) is 3.20. The van der Waals surface area contributed by atoms with Gasteiger partial charge < -0.3 is 60.8 Å². The minimum atomic E-state index is -4.67. The van der Waals surface area contributed by atoms with Crippen molar-refractivity contribution < 1.29 is 195 Å². The zero-order valence-corrected chi connectivity index (χ0v) is 37.8. The van der Waals surface area contributed by atoms with E-state index in [-0.39, 0.29) is 0 Å². The average molecular weight is 1170 g/mol. The first-order valence-corrected chi connectivity index (χ1v) is 24.9. The molecule has 2 saturated heterocycles. The number of aliphatic hydroxyl groups is 8. The van der Waals surface area contributed by atoms with Gasteiger partial charge in [0.05, 0.1) is 13.2 Å². The van der Waals surface area contributed by atoms with Gasteiger partial charge >= 0.3 is 83.2 Å². The summed E-state index contributed by atoms with van der Waals surface area (Å²) >= 11 is 0. The molecule has 0 aliphatic carbocycles. The highest BCUT2D eigenvalue weighted by Gasteiger charge is 2.58. The van der Waals surface area contributed by atoms with Gasteiger partial charge in [-0.3, -0.25) is 72.8 Å². The van der Waals surface area contributed by atoms with Crippen LogP contribution in [0.15, 0.2) is 0 Å². The van der Waals surface area contributed by atoms with Gasteiger partial charge in [0.1, 0.15) is 49.3 Å². The summed E-state index contributed by atoms with van der Waals surface area (Å²) in [6, 6.07) is 0. The predicted octanol–water partition coefficient (Wildman–Crippen LogP) is -10.7. The Balaban J connectivity index is -0.000000108. The molecule has 2 fully saturated rings. The van der Waals surface area contributed by atoms with Crippen molar-refractivity contribution >= 4 is 83.2 Å². The van der Waals surface area contributed by atoms with Gasteiger partial charge in [-0.05, 0) is 6.54 Å². The molecule has 2 rings (SSSR count). The maximum Gasteiger partial charge on any atom is 0.394 e. The Morgan fingerprint density at radius 2 is 0.636 bits per heavy atom. The normalized spacial score (nSPS) is 25.1. The van der Waals surface area contributed by atoms with Crippen molar-refractivity contribution in [2.24, 2.45) is 5.73 Å². The van der Waals surface area contributed by atoms with E-state index in [1.807, 2.05) is 6.92 Å². The first-order chi connectivity index (χ1) is 28.2. The van der Waals surface area contributed by atoms with E-state index < -0.39 is 158 Å². The van der Waals surface area contributed by atoms with Crippen molar-refractivity contribution in [3.05, 3.63) is 0 Å². The van der Waals surface area contributed by atoms with Crippen molar-refractivity contribution in [1.82, 2.24) is 0 Å². The lowest BCUT2D eigenvalue weighted by molar-refractivity contribution is -0.383. The lowest BCUT2D eigenvalue weighted by atomic mass is 9.99. The molecule has 412 valence electrons. The van der Waals surface area contributed by atoms with Gasteiger partial charge in [-0.2, -0.15) is 67.3 Å². The zero-order chi connectivity index (χ0) is 56.1. The zero-order valence-electron chi connectivity index (χ0n) is 31.3. The molecule has 26 N–H and O–H groups in total. The molecule has 0 amide bonds. The SMILES string of the molecule is CCN.O=S(=O)(O)O.O=S(=O)(O)O.O=S(=O)(O)O.O=S(=O)(O)O.O=S(=O)(O)O.O=S(=O)(O)O.O=S(=O)(O)O.O=S(=O)(O)O.OC[C@H]1O[C@@](CO)(O[C@H]2O[C@H](CO)[C@@H](O)[C@H](O)[C@H]2O)[C@@H](O)[C@@H]1O. The summed E-state index contributed by atoms with van der Waals surface area (Å²) in [4.78, 5) is 0. The first kappa shape index (κ1) is 81.5. The highest BCUT2D eigenvalue weighted by atomic mass is 32.3. The summed E-state index contributed by atoms with van der Waals surface area (Å²) in [6.07, 6.45) is -12.7. The number of hydrogen-bond acceptors (Lipinski definition) is 28. The highest BCUT2D eigenvalue weighted by molar-refractivity contribution is 7.81. The third-order valence-electron chi connectivity index (χ3n) is 4.07. The van der Waals surface area contributed by atoms with Gasteiger partial charge in [0.15, 0.2) is 6.29 Å². The van der Waals surface area contributed by atoms with E-state index in [0.717, 1.165) is 6.54 Å². The molecular weight excluding hydrogens is 1130 g/mol. The van der Waals surface area contributed by atoms with Crippen LogP contribution in [0.2, 0.25) is 0 Å². The van der Waals surface area contributed by atoms with Crippen LogP contribution >= 0.6 is 0 Å². The molecule has 0 saturated carbocycles. The summed E-state index contributed by atoms with van der Waals surface area (Å²) in [5.41, 5.74) is 4.85. The van der Waals surface area contributed by atoms with Crippen molar-refractivity contribution in [2.75, 3.05) is 26.4 Å². The molecule has 0 radical (unpaired) electrons. The van der Waals surface area contributed by atoms with Crippen LogP contribution in [0.25, 0.3) is 0 Å². The van der Waals surface area contributed by atoms with Gasteiger partial charge in [-0.25, -0.2) is 0 Å². The van der Waals surface area contributed by atoms with Gasteiger partial charge in [-0.15, -0.1) is 0 Å². The molecule has 0 aromatic carbocycles. The third kappa shape index (κ3) is 96.5. The lowest BCUT2D eigenvalue weighted by Crippen LogP contribution is -2.62.